The van der Waals surface area contributed by atoms with Crippen molar-refractivity contribution in [2.24, 2.45) is 0 Å². The summed E-state index contributed by atoms with van der Waals surface area (Å²) in [4.78, 5) is 16.5. The van der Waals surface area contributed by atoms with Crippen LogP contribution in [0.4, 0.5) is 11.4 Å². The summed E-state index contributed by atoms with van der Waals surface area (Å²) in [6, 6.07) is 17.8. The molecule has 1 fully saturated rings. The van der Waals surface area contributed by atoms with Gasteiger partial charge in [0.15, 0.2) is 0 Å². The summed E-state index contributed by atoms with van der Waals surface area (Å²) in [6.07, 6.45) is 3.45. The third kappa shape index (κ3) is 3.92. The van der Waals surface area contributed by atoms with Gasteiger partial charge in [-0.05, 0) is 35.9 Å². The summed E-state index contributed by atoms with van der Waals surface area (Å²) in [5.74, 6) is 0.0557. The molecule has 0 radical (unpaired) electrons. The van der Waals surface area contributed by atoms with Crippen LogP contribution in [0.5, 0.6) is 0 Å². The molecule has 3 rings (SSSR count). The van der Waals surface area contributed by atoms with Crippen LogP contribution in [-0.4, -0.2) is 37.0 Å². The Kier molecular flexibility index (Phi) is 4.62. The Labute approximate surface area is 136 Å². The van der Waals surface area contributed by atoms with Gasteiger partial charge in [0.2, 0.25) is 5.91 Å². The molecule has 1 aliphatic rings. The lowest BCUT2D eigenvalue weighted by Gasteiger charge is -2.35. The molecule has 0 atom stereocenters. The van der Waals surface area contributed by atoms with Gasteiger partial charge in [0, 0.05) is 43.6 Å². The summed E-state index contributed by atoms with van der Waals surface area (Å²) < 4.78 is 0. The van der Waals surface area contributed by atoms with Crippen LogP contribution in [0.3, 0.4) is 0 Å². The molecule has 4 nitrogen and oxygen atoms in total. The van der Waals surface area contributed by atoms with Crippen molar-refractivity contribution in [3.63, 3.8) is 0 Å². The van der Waals surface area contributed by atoms with Gasteiger partial charge in [0.05, 0.1) is 0 Å². The molecule has 0 bridgehead atoms. The first-order chi connectivity index (χ1) is 11.2. The summed E-state index contributed by atoms with van der Waals surface area (Å²) in [5, 5.41) is 0. The second-order valence-electron chi connectivity index (χ2n) is 5.65. The Morgan fingerprint density at radius 2 is 1.70 bits per heavy atom. The Balaban J connectivity index is 1.56. The van der Waals surface area contributed by atoms with E-state index < -0.39 is 0 Å². The zero-order chi connectivity index (χ0) is 16.1. The molecule has 0 unspecified atom stereocenters. The van der Waals surface area contributed by atoms with E-state index in [2.05, 4.69) is 17.0 Å². The molecule has 2 N–H and O–H groups in total. The number of rotatable bonds is 3. The molecule has 1 saturated heterocycles. The first-order valence-corrected chi connectivity index (χ1v) is 7.85. The van der Waals surface area contributed by atoms with E-state index in [1.54, 1.807) is 6.08 Å². The number of nitrogens with two attached hydrogens (primary N) is 1. The van der Waals surface area contributed by atoms with Crippen LogP contribution < -0.4 is 10.6 Å². The van der Waals surface area contributed by atoms with Gasteiger partial charge in [0.1, 0.15) is 0 Å². The van der Waals surface area contributed by atoms with E-state index in [0.717, 1.165) is 31.7 Å². The fourth-order valence-corrected chi connectivity index (χ4v) is 2.76. The Morgan fingerprint density at radius 3 is 2.39 bits per heavy atom. The molecule has 1 aliphatic heterocycles. The van der Waals surface area contributed by atoms with E-state index in [-0.39, 0.29) is 5.91 Å². The number of nitrogen functional groups attached to an aromatic ring is 1. The van der Waals surface area contributed by atoms with E-state index in [1.807, 2.05) is 53.4 Å². The number of amides is 1. The number of hydrogen-bond acceptors (Lipinski definition) is 3. The van der Waals surface area contributed by atoms with E-state index in [4.69, 9.17) is 5.73 Å². The number of carbonyl (C=O) groups is 1. The Morgan fingerprint density at radius 1 is 0.957 bits per heavy atom. The summed E-state index contributed by atoms with van der Waals surface area (Å²) >= 11 is 0. The summed E-state index contributed by atoms with van der Waals surface area (Å²) in [7, 11) is 0. The van der Waals surface area contributed by atoms with Crippen LogP contribution in [0.2, 0.25) is 0 Å². The van der Waals surface area contributed by atoms with Crippen molar-refractivity contribution in [3.8, 4) is 0 Å². The van der Waals surface area contributed by atoms with Gasteiger partial charge in [-0.2, -0.15) is 0 Å². The highest BCUT2D eigenvalue weighted by Gasteiger charge is 2.19. The molecule has 0 aliphatic carbocycles. The molecular weight excluding hydrogens is 286 g/mol. The number of benzene rings is 2. The van der Waals surface area contributed by atoms with Crippen LogP contribution in [0, 0.1) is 0 Å². The van der Waals surface area contributed by atoms with Crippen LogP contribution in [0.1, 0.15) is 5.56 Å². The van der Waals surface area contributed by atoms with Crippen molar-refractivity contribution in [1.82, 2.24) is 4.90 Å². The van der Waals surface area contributed by atoms with Crippen LogP contribution in [0.25, 0.3) is 6.08 Å². The maximum absolute atomic E-state index is 12.3. The number of nitrogens with zero attached hydrogens (tertiary/aromatic N) is 2. The fraction of sp³-hybridized carbons (Fsp3) is 0.211. The first kappa shape index (κ1) is 15.2. The number of para-hydroxylation sites is 1. The zero-order valence-corrected chi connectivity index (χ0v) is 13.1. The molecule has 0 spiro atoms. The number of anilines is 2. The van der Waals surface area contributed by atoms with Gasteiger partial charge >= 0.3 is 0 Å². The second-order valence-corrected chi connectivity index (χ2v) is 5.65. The predicted molar refractivity (Wildman–Crippen MR) is 95.1 cm³/mol. The molecule has 118 valence electrons. The minimum atomic E-state index is 0.0557. The molecular formula is C19H21N3O. The van der Waals surface area contributed by atoms with Crippen molar-refractivity contribution < 1.29 is 4.79 Å². The van der Waals surface area contributed by atoms with Gasteiger partial charge in [0.25, 0.3) is 0 Å². The molecule has 23 heavy (non-hydrogen) atoms. The van der Waals surface area contributed by atoms with Crippen molar-refractivity contribution in [1.29, 1.82) is 0 Å². The average Bonchev–Trinajstić information content (AvgIpc) is 2.61. The quantitative estimate of drug-likeness (QED) is 0.700. The SMILES string of the molecule is Nc1cccc(/C=C/C(=O)N2CCN(c3ccccc3)CC2)c1. The largest absolute Gasteiger partial charge is 0.399 e. The van der Waals surface area contributed by atoms with Crippen LogP contribution in [-0.2, 0) is 4.79 Å². The molecule has 0 aromatic heterocycles. The first-order valence-electron chi connectivity index (χ1n) is 7.85. The molecule has 2 aromatic carbocycles. The van der Waals surface area contributed by atoms with Gasteiger partial charge in [-0.15, -0.1) is 0 Å². The second kappa shape index (κ2) is 7.01. The normalized spacial score (nSPS) is 15.1. The number of hydrogen-bond donors (Lipinski definition) is 1. The third-order valence-electron chi connectivity index (χ3n) is 4.04. The van der Waals surface area contributed by atoms with E-state index in [9.17, 15) is 4.79 Å². The highest BCUT2D eigenvalue weighted by Crippen LogP contribution is 2.16. The van der Waals surface area contributed by atoms with E-state index in [0.29, 0.717) is 5.69 Å². The lowest BCUT2D eigenvalue weighted by molar-refractivity contribution is -0.126. The van der Waals surface area contributed by atoms with Gasteiger partial charge < -0.3 is 15.5 Å². The predicted octanol–water partition coefficient (Wildman–Crippen LogP) is 2.63. The highest BCUT2D eigenvalue weighted by atomic mass is 16.2. The van der Waals surface area contributed by atoms with Gasteiger partial charge in [-0.1, -0.05) is 30.3 Å². The third-order valence-corrected chi connectivity index (χ3v) is 4.04. The van der Waals surface area contributed by atoms with Gasteiger partial charge in [-0.3, -0.25) is 4.79 Å². The van der Waals surface area contributed by atoms with E-state index >= 15 is 0 Å². The molecule has 1 amide bonds. The maximum Gasteiger partial charge on any atom is 0.246 e. The van der Waals surface area contributed by atoms with Crippen molar-refractivity contribution >= 4 is 23.4 Å². The van der Waals surface area contributed by atoms with E-state index in [1.165, 1.54) is 5.69 Å². The zero-order valence-electron chi connectivity index (χ0n) is 13.1. The standard InChI is InChI=1S/C19H21N3O/c20-17-6-4-5-16(15-17)9-10-19(23)22-13-11-21(12-14-22)18-7-2-1-3-8-18/h1-10,15H,11-14,20H2/b10-9+. The average molecular weight is 307 g/mol. The smallest absolute Gasteiger partial charge is 0.246 e. The van der Waals surface area contributed by atoms with Crippen molar-refractivity contribution in [2.75, 3.05) is 36.8 Å². The van der Waals surface area contributed by atoms with Crippen molar-refractivity contribution in [3.05, 3.63) is 66.2 Å². The minimum absolute atomic E-state index is 0.0557. The lowest BCUT2D eigenvalue weighted by Crippen LogP contribution is -2.48. The summed E-state index contributed by atoms with van der Waals surface area (Å²) in [5.41, 5.74) is 8.61. The Bertz CT molecular complexity index is 689. The molecule has 4 heteroatoms. The number of carbonyl (C=O) groups excluding carboxylic acids is 1. The number of piperazine rings is 1. The molecule has 0 saturated carbocycles. The topological polar surface area (TPSA) is 49.6 Å². The van der Waals surface area contributed by atoms with Gasteiger partial charge in [-0.25, -0.2) is 0 Å². The summed E-state index contributed by atoms with van der Waals surface area (Å²) in [6.45, 7) is 3.22. The molecule has 1 heterocycles. The van der Waals surface area contributed by atoms with Crippen molar-refractivity contribution in [2.45, 2.75) is 0 Å². The maximum atomic E-state index is 12.3. The Hall–Kier alpha value is -2.75. The molecule has 2 aromatic rings. The highest BCUT2D eigenvalue weighted by molar-refractivity contribution is 5.92. The monoisotopic (exact) mass is 307 g/mol. The van der Waals surface area contributed by atoms with Crippen LogP contribution in [0.15, 0.2) is 60.7 Å². The fourth-order valence-electron chi connectivity index (χ4n) is 2.76. The lowest BCUT2D eigenvalue weighted by atomic mass is 10.2. The van der Waals surface area contributed by atoms with Crippen LogP contribution >= 0.6 is 0 Å². The minimum Gasteiger partial charge on any atom is -0.399 e.